The van der Waals surface area contributed by atoms with Gasteiger partial charge in [-0.3, -0.25) is 14.3 Å². The molecule has 0 saturated heterocycles. The molecule has 37 heavy (non-hydrogen) atoms. The van der Waals surface area contributed by atoms with Crippen molar-refractivity contribution in [2.75, 3.05) is 5.32 Å². The van der Waals surface area contributed by atoms with E-state index < -0.39 is 0 Å². The van der Waals surface area contributed by atoms with Gasteiger partial charge in [-0.2, -0.15) is 5.26 Å². The summed E-state index contributed by atoms with van der Waals surface area (Å²) in [6, 6.07) is 26.3. The third kappa shape index (κ3) is 4.42. The minimum Gasteiger partial charge on any atom is -0.371 e. The minimum absolute atomic E-state index is 0.156. The molecule has 178 valence electrons. The first-order valence-corrected chi connectivity index (χ1v) is 11.7. The van der Waals surface area contributed by atoms with Gasteiger partial charge in [0.15, 0.2) is 0 Å². The predicted molar refractivity (Wildman–Crippen MR) is 145 cm³/mol. The number of para-hydroxylation sites is 1. The van der Waals surface area contributed by atoms with E-state index >= 15 is 0 Å². The summed E-state index contributed by atoms with van der Waals surface area (Å²) >= 11 is 0. The average Bonchev–Trinajstić information content (AvgIpc) is 2.93. The standard InChI is InChI=1S/C30H22N6O/c1-19(34-29-26(32-3)18-33-20(2)35-29)27-16-23-8-7-11-25(22-14-12-21(17-31)13-15-22)28(23)30(37)36(27)24-9-5-4-6-10-24/h4-16,18-19H,1-2H3,(H,33,34,35)/t19-/m0/s1. The van der Waals surface area contributed by atoms with Gasteiger partial charge in [0.05, 0.1) is 29.6 Å². The highest BCUT2D eigenvalue weighted by molar-refractivity contribution is 5.96. The Labute approximate surface area is 214 Å². The molecule has 7 nitrogen and oxygen atoms in total. The van der Waals surface area contributed by atoms with Crippen LogP contribution in [-0.4, -0.2) is 14.5 Å². The van der Waals surface area contributed by atoms with Crippen molar-refractivity contribution >= 4 is 22.3 Å². The molecular weight excluding hydrogens is 460 g/mol. The first-order chi connectivity index (χ1) is 18.0. The molecule has 7 heteroatoms. The lowest BCUT2D eigenvalue weighted by molar-refractivity contribution is 0.772. The van der Waals surface area contributed by atoms with E-state index in [-0.39, 0.29) is 11.6 Å². The van der Waals surface area contributed by atoms with Gasteiger partial charge in [0.25, 0.3) is 5.56 Å². The van der Waals surface area contributed by atoms with Crippen LogP contribution in [0.2, 0.25) is 0 Å². The quantitative estimate of drug-likeness (QED) is 0.295. The number of hydrogen-bond donors (Lipinski definition) is 1. The molecule has 1 atom stereocenters. The lowest BCUT2D eigenvalue weighted by Crippen LogP contribution is -2.26. The molecule has 3 aromatic carbocycles. The molecule has 5 aromatic rings. The summed E-state index contributed by atoms with van der Waals surface area (Å²) in [5.74, 6) is 0.974. The lowest BCUT2D eigenvalue weighted by atomic mass is 9.97. The third-order valence-electron chi connectivity index (χ3n) is 6.22. The zero-order valence-electron chi connectivity index (χ0n) is 20.3. The highest BCUT2D eigenvalue weighted by Gasteiger charge is 2.20. The molecule has 0 fully saturated rings. The van der Waals surface area contributed by atoms with Crippen molar-refractivity contribution in [1.29, 1.82) is 5.26 Å². The number of anilines is 1. The lowest BCUT2D eigenvalue weighted by Gasteiger charge is -2.22. The number of fused-ring (bicyclic) bond motifs is 1. The number of benzene rings is 3. The number of hydrogen-bond acceptors (Lipinski definition) is 5. The largest absolute Gasteiger partial charge is 0.371 e. The van der Waals surface area contributed by atoms with Crippen molar-refractivity contribution in [3.05, 3.63) is 124 Å². The highest BCUT2D eigenvalue weighted by Crippen LogP contribution is 2.31. The van der Waals surface area contributed by atoms with E-state index in [0.717, 1.165) is 27.9 Å². The SMILES string of the molecule is [C-]#[N+]c1cnc(C)nc1N[C@@H](C)c1cc2cccc(-c3ccc(C#N)cc3)c2c(=O)n1-c1ccccc1. The number of aryl methyl sites for hydroxylation is 1. The van der Waals surface area contributed by atoms with E-state index in [1.54, 1.807) is 23.6 Å². The Morgan fingerprint density at radius 1 is 1.05 bits per heavy atom. The van der Waals surface area contributed by atoms with Crippen molar-refractivity contribution in [2.24, 2.45) is 0 Å². The maximum Gasteiger partial charge on any atom is 0.263 e. The maximum absolute atomic E-state index is 14.2. The van der Waals surface area contributed by atoms with E-state index in [4.69, 9.17) is 6.57 Å². The van der Waals surface area contributed by atoms with Crippen LogP contribution in [0.25, 0.3) is 32.4 Å². The van der Waals surface area contributed by atoms with E-state index in [1.165, 1.54) is 6.20 Å². The van der Waals surface area contributed by atoms with Gasteiger partial charge in [-0.1, -0.05) is 48.5 Å². The van der Waals surface area contributed by atoms with E-state index in [1.807, 2.05) is 73.7 Å². The van der Waals surface area contributed by atoms with Crippen LogP contribution in [0.5, 0.6) is 0 Å². The Bertz CT molecular complexity index is 1760. The Kier molecular flexibility index (Phi) is 6.20. The van der Waals surface area contributed by atoms with Crippen molar-refractivity contribution in [2.45, 2.75) is 19.9 Å². The fourth-order valence-electron chi connectivity index (χ4n) is 4.44. The number of nitrogens with one attached hydrogen (secondary N) is 1. The van der Waals surface area contributed by atoms with Gasteiger partial charge >= 0.3 is 0 Å². The average molecular weight is 483 g/mol. The first kappa shape index (κ1) is 23.5. The second-order valence-corrected chi connectivity index (χ2v) is 8.63. The van der Waals surface area contributed by atoms with Gasteiger partial charge in [0.2, 0.25) is 5.69 Å². The van der Waals surface area contributed by atoms with Gasteiger partial charge in [-0.25, -0.2) is 9.83 Å². The molecule has 5 rings (SSSR count). The van der Waals surface area contributed by atoms with Gasteiger partial charge in [-0.05, 0) is 60.7 Å². The molecule has 0 bridgehead atoms. The summed E-state index contributed by atoms with van der Waals surface area (Å²) in [6.07, 6.45) is 1.50. The minimum atomic E-state index is -0.356. The van der Waals surface area contributed by atoms with Gasteiger partial charge < -0.3 is 5.32 Å². The molecule has 0 amide bonds. The molecule has 2 aromatic heterocycles. The second-order valence-electron chi connectivity index (χ2n) is 8.63. The van der Waals surface area contributed by atoms with Crippen molar-refractivity contribution in [3.8, 4) is 22.9 Å². The van der Waals surface area contributed by atoms with E-state index in [9.17, 15) is 10.1 Å². The summed E-state index contributed by atoms with van der Waals surface area (Å²) in [7, 11) is 0. The third-order valence-corrected chi connectivity index (χ3v) is 6.22. The fraction of sp³-hybridized carbons (Fsp3) is 0.100. The summed E-state index contributed by atoms with van der Waals surface area (Å²) in [4.78, 5) is 26.3. The van der Waals surface area contributed by atoms with E-state index in [0.29, 0.717) is 28.3 Å². The topological polar surface area (TPSA) is 88.0 Å². The Morgan fingerprint density at radius 2 is 1.81 bits per heavy atom. The maximum atomic E-state index is 14.2. The zero-order valence-corrected chi connectivity index (χ0v) is 20.3. The van der Waals surface area contributed by atoms with Crippen molar-refractivity contribution < 1.29 is 0 Å². The number of nitriles is 1. The van der Waals surface area contributed by atoms with Crippen LogP contribution in [0.3, 0.4) is 0 Å². The number of rotatable bonds is 5. The molecule has 0 radical (unpaired) electrons. The monoisotopic (exact) mass is 482 g/mol. The van der Waals surface area contributed by atoms with Crippen LogP contribution >= 0.6 is 0 Å². The molecular formula is C30H22N6O. The second kappa shape index (κ2) is 9.77. The van der Waals surface area contributed by atoms with Crippen LogP contribution in [0.15, 0.2) is 89.9 Å². The van der Waals surface area contributed by atoms with Gasteiger partial charge in [0.1, 0.15) is 11.6 Å². The van der Waals surface area contributed by atoms with E-state index in [2.05, 4.69) is 26.2 Å². The summed E-state index contributed by atoms with van der Waals surface area (Å²) in [6.45, 7) is 11.2. The summed E-state index contributed by atoms with van der Waals surface area (Å²) in [5, 5.41) is 13.9. The first-order valence-electron chi connectivity index (χ1n) is 11.7. The molecule has 0 aliphatic rings. The van der Waals surface area contributed by atoms with Crippen molar-refractivity contribution in [1.82, 2.24) is 14.5 Å². The molecule has 2 heterocycles. The zero-order chi connectivity index (χ0) is 25.9. The molecule has 0 unspecified atom stereocenters. The Morgan fingerprint density at radius 3 is 2.51 bits per heavy atom. The fourth-order valence-corrected chi connectivity index (χ4v) is 4.44. The highest BCUT2D eigenvalue weighted by atomic mass is 16.1. The van der Waals surface area contributed by atoms with Crippen LogP contribution in [0.4, 0.5) is 11.5 Å². The molecule has 0 aliphatic heterocycles. The van der Waals surface area contributed by atoms with Crippen LogP contribution < -0.4 is 10.9 Å². The normalized spacial score (nSPS) is 11.5. The molecule has 1 N–H and O–H groups in total. The number of aromatic nitrogens is 3. The van der Waals surface area contributed by atoms with Crippen LogP contribution in [0, 0.1) is 24.8 Å². The number of pyridine rings is 1. The molecule has 0 aliphatic carbocycles. The smallest absolute Gasteiger partial charge is 0.263 e. The van der Waals surface area contributed by atoms with Crippen LogP contribution in [-0.2, 0) is 0 Å². The number of nitrogens with zero attached hydrogens (tertiary/aromatic N) is 5. The Balaban J connectivity index is 1.74. The van der Waals surface area contributed by atoms with Crippen LogP contribution in [0.1, 0.15) is 30.0 Å². The predicted octanol–water partition coefficient (Wildman–Crippen LogP) is 6.35. The van der Waals surface area contributed by atoms with Gasteiger partial charge in [-0.15, -0.1) is 0 Å². The molecule has 0 spiro atoms. The van der Waals surface area contributed by atoms with Gasteiger partial charge in [0, 0.05) is 17.6 Å². The van der Waals surface area contributed by atoms with Crippen molar-refractivity contribution in [3.63, 3.8) is 0 Å². The summed E-state index contributed by atoms with van der Waals surface area (Å²) < 4.78 is 1.71. The molecule has 0 saturated carbocycles. The summed E-state index contributed by atoms with van der Waals surface area (Å²) in [5.41, 5.74) is 3.84. The Hall–Kier alpha value is -5.27.